The molecular formula is C10H10N4O7. The standard InChI is InChI=1S/C10H10N4O7/c1-13-4(15)3(5(16)14(2)9(13)20)10(21)6(17)11-8(19)12-7(10)18/h15,21H,1-2H3,(H2,11,12,17,18,19). The molecule has 112 valence electrons. The highest BCUT2D eigenvalue weighted by Crippen LogP contribution is 2.27. The van der Waals surface area contributed by atoms with Crippen molar-refractivity contribution in [3.8, 4) is 5.88 Å². The Morgan fingerprint density at radius 2 is 1.43 bits per heavy atom. The van der Waals surface area contributed by atoms with Crippen molar-refractivity contribution in [2.45, 2.75) is 5.60 Å². The molecule has 1 fully saturated rings. The van der Waals surface area contributed by atoms with E-state index in [0.29, 0.717) is 9.13 Å². The molecule has 0 unspecified atom stereocenters. The van der Waals surface area contributed by atoms with Gasteiger partial charge in [-0.1, -0.05) is 0 Å². The SMILES string of the molecule is Cn1c(O)c(C2(O)C(=O)NC(=O)NC2=O)c(=O)n(C)c1=O. The number of carbonyl (C=O) groups is 3. The van der Waals surface area contributed by atoms with Gasteiger partial charge >= 0.3 is 11.7 Å². The maximum Gasteiger partial charge on any atom is 0.333 e. The van der Waals surface area contributed by atoms with E-state index < -0.39 is 46.1 Å². The Kier molecular flexibility index (Phi) is 2.94. The zero-order valence-corrected chi connectivity index (χ0v) is 10.8. The zero-order valence-electron chi connectivity index (χ0n) is 10.8. The number of barbiturate groups is 1. The van der Waals surface area contributed by atoms with Gasteiger partial charge in [0.25, 0.3) is 23.0 Å². The Morgan fingerprint density at radius 1 is 0.952 bits per heavy atom. The van der Waals surface area contributed by atoms with E-state index in [1.807, 2.05) is 0 Å². The van der Waals surface area contributed by atoms with Gasteiger partial charge in [0.1, 0.15) is 5.56 Å². The number of amides is 4. The van der Waals surface area contributed by atoms with Crippen LogP contribution in [0.4, 0.5) is 4.79 Å². The fourth-order valence-electron chi connectivity index (χ4n) is 1.90. The van der Waals surface area contributed by atoms with E-state index in [0.717, 1.165) is 14.1 Å². The van der Waals surface area contributed by atoms with Crippen molar-refractivity contribution in [3.63, 3.8) is 0 Å². The molecule has 0 spiro atoms. The van der Waals surface area contributed by atoms with Gasteiger partial charge in [0.15, 0.2) is 0 Å². The molecule has 0 atom stereocenters. The van der Waals surface area contributed by atoms with Crippen LogP contribution < -0.4 is 21.9 Å². The first kappa shape index (κ1) is 14.5. The lowest BCUT2D eigenvalue weighted by Gasteiger charge is -2.29. The van der Waals surface area contributed by atoms with Crippen molar-refractivity contribution >= 4 is 17.8 Å². The second kappa shape index (κ2) is 4.28. The number of imide groups is 2. The molecule has 2 rings (SSSR count). The Bertz CT molecular complexity index is 783. The summed E-state index contributed by atoms with van der Waals surface area (Å²) in [7, 11) is 2.09. The van der Waals surface area contributed by atoms with Crippen LogP contribution in [-0.4, -0.2) is 37.2 Å². The van der Waals surface area contributed by atoms with E-state index in [-0.39, 0.29) is 0 Å². The maximum absolute atomic E-state index is 12.0. The minimum absolute atomic E-state index is 0.490. The van der Waals surface area contributed by atoms with Crippen LogP contribution in [0, 0.1) is 0 Å². The highest BCUT2D eigenvalue weighted by molar-refractivity contribution is 6.21. The van der Waals surface area contributed by atoms with Gasteiger partial charge < -0.3 is 10.2 Å². The summed E-state index contributed by atoms with van der Waals surface area (Å²) < 4.78 is 1.05. The van der Waals surface area contributed by atoms with E-state index in [2.05, 4.69) is 0 Å². The van der Waals surface area contributed by atoms with Crippen molar-refractivity contribution in [2.75, 3.05) is 0 Å². The predicted octanol–water partition coefficient (Wildman–Crippen LogP) is -3.66. The minimum atomic E-state index is -3.14. The van der Waals surface area contributed by atoms with Crippen molar-refractivity contribution in [2.24, 2.45) is 14.1 Å². The second-order valence-corrected chi connectivity index (χ2v) is 4.35. The molecule has 4 N–H and O–H groups in total. The fourth-order valence-corrected chi connectivity index (χ4v) is 1.90. The van der Waals surface area contributed by atoms with E-state index in [1.165, 1.54) is 0 Å². The van der Waals surface area contributed by atoms with E-state index in [1.54, 1.807) is 10.6 Å². The summed E-state index contributed by atoms with van der Waals surface area (Å²) in [6, 6.07) is -1.18. The van der Waals surface area contributed by atoms with Gasteiger partial charge in [0, 0.05) is 14.1 Å². The predicted molar refractivity (Wildman–Crippen MR) is 64.2 cm³/mol. The average Bonchev–Trinajstić information content (AvgIpc) is 2.41. The summed E-state index contributed by atoms with van der Waals surface area (Å²) in [5.74, 6) is -4.09. The summed E-state index contributed by atoms with van der Waals surface area (Å²) in [6.45, 7) is 0. The lowest BCUT2D eigenvalue weighted by atomic mass is 9.92. The van der Waals surface area contributed by atoms with Crippen molar-refractivity contribution in [1.82, 2.24) is 19.8 Å². The molecule has 0 aromatic carbocycles. The highest BCUT2D eigenvalue weighted by atomic mass is 16.3. The number of hydrogen-bond acceptors (Lipinski definition) is 7. The third-order valence-electron chi connectivity index (χ3n) is 3.11. The van der Waals surface area contributed by atoms with Gasteiger partial charge in [-0.05, 0) is 0 Å². The first-order valence-corrected chi connectivity index (χ1v) is 5.51. The van der Waals surface area contributed by atoms with Crippen LogP contribution in [0.2, 0.25) is 0 Å². The first-order chi connectivity index (χ1) is 9.62. The molecule has 1 aromatic heterocycles. The normalized spacial score (nSPS) is 17.4. The van der Waals surface area contributed by atoms with Crippen LogP contribution in [0.25, 0.3) is 0 Å². The van der Waals surface area contributed by atoms with Crippen LogP contribution in [0.1, 0.15) is 5.56 Å². The smallest absolute Gasteiger partial charge is 0.333 e. The molecule has 0 radical (unpaired) electrons. The number of aliphatic hydroxyl groups is 1. The van der Waals surface area contributed by atoms with Crippen molar-refractivity contribution < 1.29 is 24.6 Å². The summed E-state index contributed by atoms with van der Waals surface area (Å²) in [5.41, 5.74) is -6.36. The third-order valence-corrected chi connectivity index (χ3v) is 3.11. The van der Waals surface area contributed by atoms with Gasteiger partial charge in [0.2, 0.25) is 5.88 Å². The van der Waals surface area contributed by atoms with Crippen LogP contribution in [0.15, 0.2) is 9.59 Å². The van der Waals surface area contributed by atoms with Crippen molar-refractivity contribution in [3.05, 3.63) is 26.4 Å². The minimum Gasteiger partial charge on any atom is -0.494 e. The number of urea groups is 1. The van der Waals surface area contributed by atoms with Gasteiger partial charge in [-0.2, -0.15) is 0 Å². The number of carbonyl (C=O) groups excluding carboxylic acids is 3. The van der Waals surface area contributed by atoms with Crippen LogP contribution in [0.5, 0.6) is 5.88 Å². The Labute approximate surface area is 115 Å². The molecule has 1 saturated heterocycles. The Hall–Kier alpha value is -2.95. The molecule has 1 aliphatic rings. The molecular weight excluding hydrogens is 288 g/mol. The van der Waals surface area contributed by atoms with Crippen LogP contribution >= 0.6 is 0 Å². The van der Waals surface area contributed by atoms with E-state index in [4.69, 9.17) is 0 Å². The molecule has 1 aromatic rings. The maximum atomic E-state index is 12.0. The molecule has 11 heteroatoms. The number of nitrogens with one attached hydrogen (secondary N) is 2. The monoisotopic (exact) mass is 298 g/mol. The Balaban J connectivity index is 2.87. The number of nitrogens with zero attached hydrogens (tertiary/aromatic N) is 2. The lowest BCUT2D eigenvalue weighted by molar-refractivity contribution is -0.156. The lowest BCUT2D eigenvalue weighted by Crippen LogP contribution is -2.66. The first-order valence-electron chi connectivity index (χ1n) is 5.51. The molecule has 0 saturated carbocycles. The summed E-state index contributed by atoms with van der Waals surface area (Å²) in [5, 5.41) is 23.3. The zero-order chi connectivity index (χ0) is 16.1. The quantitative estimate of drug-likeness (QED) is 0.389. The largest absolute Gasteiger partial charge is 0.494 e. The summed E-state index contributed by atoms with van der Waals surface area (Å²) in [4.78, 5) is 58.1. The fraction of sp³-hybridized carbons (Fsp3) is 0.300. The van der Waals surface area contributed by atoms with Gasteiger partial charge in [-0.3, -0.25) is 34.2 Å². The molecule has 0 aliphatic carbocycles. The molecule has 1 aliphatic heterocycles. The van der Waals surface area contributed by atoms with Gasteiger partial charge in [-0.15, -0.1) is 0 Å². The van der Waals surface area contributed by atoms with Crippen LogP contribution in [-0.2, 0) is 29.3 Å². The van der Waals surface area contributed by atoms with Crippen LogP contribution in [0.3, 0.4) is 0 Å². The van der Waals surface area contributed by atoms with Gasteiger partial charge in [0.05, 0.1) is 0 Å². The second-order valence-electron chi connectivity index (χ2n) is 4.35. The average molecular weight is 298 g/mol. The summed E-state index contributed by atoms with van der Waals surface area (Å²) >= 11 is 0. The van der Waals surface area contributed by atoms with Gasteiger partial charge in [-0.25, -0.2) is 9.59 Å². The molecule has 2 heterocycles. The number of aromatic hydroxyl groups is 1. The van der Waals surface area contributed by atoms with Crippen molar-refractivity contribution in [1.29, 1.82) is 0 Å². The van der Waals surface area contributed by atoms with E-state index in [9.17, 15) is 34.2 Å². The third kappa shape index (κ3) is 1.74. The number of rotatable bonds is 1. The molecule has 4 amide bonds. The molecule has 21 heavy (non-hydrogen) atoms. The Morgan fingerprint density at radius 3 is 1.90 bits per heavy atom. The molecule has 0 bridgehead atoms. The molecule has 11 nitrogen and oxygen atoms in total. The number of aromatic nitrogens is 2. The highest BCUT2D eigenvalue weighted by Gasteiger charge is 2.54. The topological polar surface area (TPSA) is 160 Å². The van der Waals surface area contributed by atoms with E-state index >= 15 is 0 Å². The summed E-state index contributed by atoms with van der Waals surface area (Å²) in [6.07, 6.45) is 0. The number of hydrogen-bond donors (Lipinski definition) is 4.